The van der Waals surface area contributed by atoms with Gasteiger partial charge in [0.25, 0.3) is 0 Å². The third-order valence-electron chi connectivity index (χ3n) is 3.76. The molecule has 2 rings (SSSR count). The second-order valence-electron chi connectivity index (χ2n) is 5.05. The summed E-state index contributed by atoms with van der Waals surface area (Å²) in [6.07, 6.45) is 5.47. The minimum Gasteiger partial charge on any atom is -0.354 e. The molecule has 0 bridgehead atoms. The molecule has 0 spiro atoms. The van der Waals surface area contributed by atoms with Crippen LogP contribution in [0.25, 0.3) is 0 Å². The lowest BCUT2D eigenvalue weighted by Gasteiger charge is -2.20. The number of hydrogen-bond donors (Lipinski definition) is 3. The quantitative estimate of drug-likeness (QED) is 0.629. The van der Waals surface area contributed by atoms with Crippen molar-refractivity contribution in [3.05, 3.63) is 0 Å². The smallest absolute Gasteiger partial charge is 0.242 e. The first-order valence-corrected chi connectivity index (χ1v) is 6.52. The Labute approximate surface area is 102 Å². The monoisotopic (exact) mass is 239 g/mol. The number of carbonyl (C=O) groups is 2. The molecule has 1 saturated carbocycles. The van der Waals surface area contributed by atoms with Gasteiger partial charge in [0.15, 0.2) is 0 Å². The Morgan fingerprint density at radius 2 is 2.06 bits per heavy atom. The topological polar surface area (TPSA) is 84.2 Å². The maximum Gasteiger partial charge on any atom is 0.242 e. The zero-order chi connectivity index (χ0) is 12.3. The molecule has 2 fully saturated rings. The Morgan fingerprint density at radius 1 is 1.24 bits per heavy atom. The van der Waals surface area contributed by atoms with Crippen molar-refractivity contribution in [3.63, 3.8) is 0 Å². The molecule has 5 nitrogen and oxygen atoms in total. The van der Waals surface area contributed by atoms with E-state index >= 15 is 0 Å². The van der Waals surface area contributed by atoms with Crippen LogP contribution in [0.5, 0.6) is 0 Å². The number of carbonyl (C=O) groups excluding carboxylic acids is 2. The van der Waals surface area contributed by atoms with Gasteiger partial charge in [-0.05, 0) is 32.1 Å². The van der Waals surface area contributed by atoms with Gasteiger partial charge < -0.3 is 16.4 Å². The van der Waals surface area contributed by atoms with Crippen molar-refractivity contribution in [1.82, 2.24) is 10.6 Å². The normalized spacial score (nSPS) is 33.9. The maximum absolute atomic E-state index is 12.0. The third-order valence-corrected chi connectivity index (χ3v) is 3.76. The molecular formula is C12H21N3O2. The lowest BCUT2D eigenvalue weighted by molar-refractivity contribution is -0.131. The fraction of sp³-hybridized carbons (Fsp3) is 0.833. The molecule has 2 amide bonds. The van der Waals surface area contributed by atoms with E-state index in [1.54, 1.807) is 0 Å². The van der Waals surface area contributed by atoms with Crippen LogP contribution in [0.1, 0.15) is 38.5 Å². The van der Waals surface area contributed by atoms with E-state index in [2.05, 4.69) is 10.6 Å². The first kappa shape index (κ1) is 12.4. The van der Waals surface area contributed by atoms with Crippen LogP contribution in [0.15, 0.2) is 0 Å². The molecule has 0 aromatic carbocycles. The van der Waals surface area contributed by atoms with E-state index in [0.29, 0.717) is 6.54 Å². The molecule has 1 saturated heterocycles. The van der Waals surface area contributed by atoms with E-state index in [1.165, 1.54) is 0 Å². The Balaban J connectivity index is 1.90. The van der Waals surface area contributed by atoms with Crippen LogP contribution in [0.3, 0.4) is 0 Å². The lowest BCUT2D eigenvalue weighted by atomic mass is 10.0. The molecule has 3 atom stereocenters. The van der Waals surface area contributed by atoms with Gasteiger partial charge in [-0.15, -0.1) is 0 Å². The van der Waals surface area contributed by atoms with Gasteiger partial charge >= 0.3 is 0 Å². The molecule has 5 heteroatoms. The van der Waals surface area contributed by atoms with E-state index < -0.39 is 0 Å². The van der Waals surface area contributed by atoms with Gasteiger partial charge in [-0.1, -0.05) is 6.42 Å². The van der Waals surface area contributed by atoms with E-state index in [4.69, 9.17) is 5.73 Å². The van der Waals surface area contributed by atoms with Crippen molar-refractivity contribution in [2.75, 3.05) is 6.54 Å². The molecule has 1 aliphatic carbocycles. The zero-order valence-corrected chi connectivity index (χ0v) is 10.1. The van der Waals surface area contributed by atoms with Crippen LogP contribution in [-0.2, 0) is 9.59 Å². The van der Waals surface area contributed by atoms with Crippen molar-refractivity contribution < 1.29 is 9.59 Å². The van der Waals surface area contributed by atoms with E-state index in [-0.39, 0.29) is 29.8 Å². The van der Waals surface area contributed by atoms with Crippen LogP contribution < -0.4 is 16.4 Å². The highest BCUT2D eigenvalue weighted by Gasteiger charge is 2.32. The number of nitrogens with one attached hydrogen (secondary N) is 2. The van der Waals surface area contributed by atoms with Gasteiger partial charge in [-0.2, -0.15) is 0 Å². The number of amides is 2. The first-order valence-electron chi connectivity index (χ1n) is 6.52. The van der Waals surface area contributed by atoms with Gasteiger partial charge in [-0.3, -0.25) is 9.59 Å². The molecular weight excluding hydrogens is 218 g/mol. The zero-order valence-electron chi connectivity index (χ0n) is 10.1. The number of nitrogens with two attached hydrogens (primary N) is 1. The molecule has 4 N–H and O–H groups in total. The lowest BCUT2D eigenvalue weighted by Crippen LogP contribution is -2.49. The number of hydrogen-bond acceptors (Lipinski definition) is 3. The Kier molecular flexibility index (Phi) is 3.99. The van der Waals surface area contributed by atoms with E-state index in [9.17, 15) is 9.59 Å². The SMILES string of the molecule is NC1CCCC1C(=O)NC1CCCCNC1=O. The van der Waals surface area contributed by atoms with Gasteiger partial charge in [-0.25, -0.2) is 0 Å². The van der Waals surface area contributed by atoms with Crippen LogP contribution >= 0.6 is 0 Å². The fourth-order valence-electron chi connectivity index (χ4n) is 2.67. The predicted molar refractivity (Wildman–Crippen MR) is 64.1 cm³/mol. The fourth-order valence-corrected chi connectivity index (χ4v) is 2.67. The second kappa shape index (κ2) is 5.49. The molecule has 96 valence electrons. The van der Waals surface area contributed by atoms with E-state index in [1.807, 2.05) is 0 Å². The standard InChI is InChI=1S/C12H21N3O2/c13-9-5-3-4-8(9)11(16)15-10-6-1-2-7-14-12(10)17/h8-10H,1-7,13H2,(H,14,17)(H,15,16). The van der Waals surface area contributed by atoms with E-state index in [0.717, 1.165) is 38.5 Å². The van der Waals surface area contributed by atoms with Gasteiger partial charge in [0.1, 0.15) is 6.04 Å². The first-order chi connectivity index (χ1) is 8.18. The number of rotatable bonds is 2. The van der Waals surface area contributed by atoms with Crippen molar-refractivity contribution >= 4 is 11.8 Å². The van der Waals surface area contributed by atoms with Crippen molar-refractivity contribution in [2.45, 2.75) is 50.6 Å². The van der Waals surface area contributed by atoms with Crippen LogP contribution in [-0.4, -0.2) is 30.4 Å². The molecule has 0 aromatic heterocycles. The molecule has 0 aromatic rings. The summed E-state index contributed by atoms with van der Waals surface area (Å²) >= 11 is 0. The maximum atomic E-state index is 12.0. The summed E-state index contributed by atoms with van der Waals surface area (Å²) in [7, 11) is 0. The van der Waals surface area contributed by atoms with Crippen molar-refractivity contribution in [2.24, 2.45) is 11.7 Å². The van der Waals surface area contributed by atoms with Crippen molar-refractivity contribution in [3.8, 4) is 0 Å². The summed E-state index contributed by atoms with van der Waals surface area (Å²) in [5.41, 5.74) is 5.89. The van der Waals surface area contributed by atoms with Gasteiger partial charge in [0, 0.05) is 12.6 Å². The third kappa shape index (κ3) is 2.97. The Morgan fingerprint density at radius 3 is 2.76 bits per heavy atom. The summed E-state index contributed by atoms with van der Waals surface area (Å²) < 4.78 is 0. The van der Waals surface area contributed by atoms with Crippen LogP contribution in [0, 0.1) is 5.92 Å². The van der Waals surface area contributed by atoms with Crippen LogP contribution in [0.4, 0.5) is 0 Å². The molecule has 1 heterocycles. The predicted octanol–water partition coefficient (Wildman–Crippen LogP) is -0.101. The summed E-state index contributed by atoms with van der Waals surface area (Å²) in [4.78, 5) is 23.7. The minimum absolute atomic E-state index is 0.0381. The molecule has 3 unspecified atom stereocenters. The molecule has 2 aliphatic rings. The Hall–Kier alpha value is -1.10. The molecule has 0 radical (unpaired) electrons. The van der Waals surface area contributed by atoms with Crippen LogP contribution in [0.2, 0.25) is 0 Å². The second-order valence-corrected chi connectivity index (χ2v) is 5.05. The average molecular weight is 239 g/mol. The average Bonchev–Trinajstić information content (AvgIpc) is 2.63. The van der Waals surface area contributed by atoms with Gasteiger partial charge in [0.2, 0.25) is 11.8 Å². The minimum atomic E-state index is -0.363. The van der Waals surface area contributed by atoms with Gasteiger partial charge in [0.05, 0.1) is 5.92 Å². The summed E-state index contributed by atoms with van der Waals surface area (Å²) in [6, 6.07) is -0.401. The summed E-state index contributed by atoms with van der Waals surface area (Å²) in [5, 5.41) is 5.67. The Bertz CT molecular complexity index is 306. The summed E-state index contributed by atoms with van der Waals surface area (Å²) in [6.45, 7) is 0.716. The highest BCUT2D eigenvalue weighted by atomic mass is 16.2. The summed E-state index contributed by atoms with van der Waals surface area (Å²) in [5.74, 6) is -0.203. The van der Waals surface area contributed by atoms with Crippen molar-refractivity contribution in [1.29, 1.82) is 0 Å². The highest BCUT2D eigenvalue weighted by molar-refractivity contribution is 5.88. The highest BCUT2D eigenvalue weighted by Crippen LogP contribution is 2.24. The molecule has 1 aliphatic heterocycles. The molecule has 17 heavy (non-hydrogen) atoms. The largest absolute Gasteiger partial charge is 0.354 e.